The maximum Gasteiger partial charge on any atom is 0.128 e. The number of aliphatic hydroxyl groups excluding tert-OH is 1. The highest BCUT2D eigenvalue weighted by molar-refractivity contribution is 5.44. The second kappa shape index (κ2) is 2.79. The molecule has 1 aliphatic heterocycles. The van der Waals surface area contributed by atoms with E-state index in [-0.39, 0.29) is 0 Å². The summed E-state index contributed by atoms with van der Waals surface area (Å²) in [5.41, 5.74) is 2.12. The van der Waals surface area contributed by atoms with E-state index in [0.717, 1.165) is 24.3 Å². The molecule has 0 spiro atoms. The summed E-state index contributed by atoms with van der Waals surface area (Å²) in [4.78, 5) is 0. The second-order valence-corrected chi connectivity index (χ2v) is 3.11. The fourth-order valence-electron chi connectivity index (χ4n) is 1.57. The molecule has 0 aromatic heterocycles. The molecule has 0 radical (unpaired) electrons. The third-order valence-electron chi connectivity index (χ3n) is 2.19. The topological polar surface area (TPSA) is 29.5 Å². The lowest BCUT2D eigenvalue weighted by Gasteiger charge is -2.09. The first kappa shape index (κ1) is 7.62. The van der Waals surface area contributed by atoms with Crippen molar-refractivity contribution < 1.29 is 9.84 Å². The van der Waals surface area contributed by atoms with Gasteiger partial charge in [-0.1, -0.05) is 18.2 Å². The first-order valence-electron chi connectivity index (χ1n) is 4.21. The van der Waals surface area contributed by atoms with Gasteiger partial charge in [0, 0.05) is 12.0 Å². The third kappa shape index (κ3) is 1.08. The van der Waals surface area contributed by atoms with Crippen molar-refractivity contribution in [1.29, 1.82) is 0 Å². The Kier molecular flexibility index (Phi) is 1.77. The Bertz CT molecular complexity index is 292. The molecular weight excluding hydrogens is 152 g/mol. The van der Waals surface area contributed by atoms with Crippen LogP contribution in [0.2, 0.25) is 0 Å². The van der Waals surface area contributed by atoms with Crippen molar-refractivity contribution in [3.05, 3.63) is 29.3 Å². The second-order valence-electron chi connectivity index (χ2n) is 3.11. The van der Waals surface area contributed by atoms with Gasteiger partial charge >= 0.3 is 0 Å². The number of hydrogen-bond donors (Lipinski definition) is 1. The van der Waals surface area contributed by atoms with Crippen LogP contribution in [0.5, 0.6) is 5.75 Å². The van der Waals surface area contributed by atoms with Crippen molar-refractivity contribution in [3.8, 4) is 5.75 Å². The van der Waals surface area contributed by atoms with Gasteiger partial charge in [-0.05, 0) is 12.5 Å². The first-order valence-corrected chi connectivity index (χ1v) is 4.21. The highest BCUT2D eigenvalue weighted by Crippen LogP contribution is 2.32. The molecule has 1 heterocycles. The van der Waals surface area contributed by atoms with E-state index in [9.17, 15) is 5.11 Å². The molecule has 2 rings (SSSR count). The monoisotopic (exact) mass is 164 g/mol. The Morgan fingerprint density at radius 3 is 3.08 bits per heavy atom. The minimum absolute atomic E-state index is 0.432. The molecule has 1 aromatic carbocycles. The zero-order valence-corrected chi connectivity index (χ0v) is 7.08. The molecule has 2 heteroatoms. The standard InChI is InChI=1S/C10H12O2/c1-7(11)9-4-2-3-8-5-6-12-10(8)9/h2-4,7,11H,5-6H2,1H3/t7-/m0/s1. The Hall–Kier alpha value is -1.02. The Labute approximate surface area is 71.8 Å². The van der Waals surface area contributed by atoms with E-state index >= 15 is 0 Å². The average molecular weight is 164 g/mol. The van der Waals surface area contributed by atoms with Crippen LogP contribution in [0.4, 0.5) is 0 Å². The van der Waals surface area contributed by atoms with Crippen LogP contribution in [-0.4, -0.2) is 11.7 Å². The van der Waals surface area contributed by atoms with Gasteiger partial charge in [-0.25, -0.2) is 0 Å². The molecule has 1 N–H and O–H groups in total. The van der Waals surface area contributed by atoms with Crippen LogP contribution in [0.3, 0.4) is 0 Å². The summed E-state index contributed by atoms with van der Waals surface area (Å²) in [5, 5.41) is 9.41. The number of ether oxygens (including phenoxy) is 1. The van der Waals surface area contributed by atoms with Gasteiger partial charge < -0.3 is 9.84 Å². The van der Waals surface area contributed by atoms with E-state index in [0.29, 0.717) is 0 Å². The highest BCUT2D eigenvalue weighted by atomic mass is 16.5. The van der Waals surface area contributed by atoms with Crippen LogP contribution in [0, 0.1) is 0 Å². The Balaban J connectivity index is 2.49. The predicted octanol–water partition coefficient (Wildman–Crippen LogP) is 1.67. The molecule has 0 aliphatic carbocycles. The minimum Gasteiger partial charge on any atom is -0.493 e. The molecule has 64 valence electrons. The van der Waals surface area contributed by atoms with Crippen molar-refractivity contribution in [2.75, 3.05) is 6.61 Å². The lowest BCUT2D eigenvalue weighted by atomic mass is 10.1. The smallest absolute Gasteiger partial charge is 0.128 e. The van der Waals surface area contributed by atoms with E-state index in [4.69, 9.17) is 4.74 Å². The number of aliphatic hydroxyl groups is 1. The summed E-state index contributed by atoms with van der Waals surface area (Å²) >= 11 is 0. The van der Waals surface area contributed by atoms with E-state index in [1.807, 2.05) is 18.2 Å². The van der Waals surface area contributed by atoms with Gasteiger partial charge in [0.25, 0.3) is 0 Å². The van der Waals surface area contributed by atoms with Gasteiger partial charge in [0.1, 0.15) is 5.75 Å². The fraction of sp³-hybridized carbons (Fsp3) is 0.400. The molecule has 1 aromatic rings. The fourth-order valence-corrected chi connectivity index (χ4v) is 1.57. The van der Waals surface area contributed by atoms with Crippen molar-refractivity contribution in [2.24, 2.45) is 0 Å². The van der Waals surface area contributed by atoms with Gasteiger partial charge in [-0.15, -0.1) is 0 Å². The lowest BCUT2D eigenvalue weighted by Crippen LogP contribution is -1.95. The first-order chi connectivity index (χ1) is 5.79. The van der Waals surface area contributed by atoms with Gasteiger partial charge in [0.2, 0.25) is 0 Å². The molecule has 1 aliphatic rings. The Morgan fingerprint density at radius 2 is 2.33 bits per heavy atom. The largest absolute Gasteiger partial charge is 0.493 e. The van der Waals surface area contributed by atoms with E-state index in [1.54, 1.807) is 6.92 Å². The minimum atomic E-state index is -0.432. The number of hydrogen-bond acceptors (Lipinski definition) is 2. The molecule has 0 saturated carbocycles. The molecule has 0 fully saturated rings. The zero-order chi connectivity index (χ0) is 8.55. The number of benzene rings is 1. The predicted molar refractivity (Wildman–Crippen MR) is 46.3 cm³/mol. The molecule has 12 heavy (non-hydrogen) atoms. The molecule has 0 amide bonds. The number of para-hydroxylation sites is 1. The van der Waals surface area contributed by atoms with Crippen LogP contribution in [-0.2, 0) is 6.42 Å². The summed E-state index contributed by atoms with van der Waals surface area (Å²) in [6, 6.07) is 5.93. The molecule has 0 bridgehead atoms. The lowest BCUT2D eigenvalue weighted by molar-refractivity contribution is 0.193. The summed E-state index contributed by atoms with van der Waals surface area (Å²) < 4.78 is 5.43. The third-order valence-corrected chi connectivity index (χ3v) is 2.19. The summed E-state index contributed by atoms with van der Waals surface area (Å²) in [7, 11) is 0. The van der Waals surface area contributed by atoms with Gasteiger partial charge in [0.05, 0.1) is 12.7 Å². The van der Waals surface area contributed by atoms with Crippen LogP contribution in [0.15, 0.2) is 18.2 Å². The van der Waals surface area contributed by atoms with Crippen molar-refractivity contribution in [3.63, 3.8) is 0 Å². The van der Waals surface area contributed by atoms with Gasteiger partial charge in [-0.2, -0.15) is 0 Å². The van der Waals surface area contributed by atoms with Gasteiger partial charge in [0.15, 0.2) is 0 Å². The van der Waals surface area contributed by atoms with Crippen molar-refractivity contribution in [1.82, 2.24) is 0 Å². The summed E-state index contributed by atoms with van der Waals surface area (Å²) in [6.07, 6.45) is 0.536. The van der Waals surface area contributed by atoms with Crippen LogP contribution >= 0.6 is 0 Å². The molecule has 2 nitrogen and oxygen atoms in total. The maximum absolute atomic E-state index is 9.41. The van der Waals surface area contributed by atoms with Crippen LogP contribution < -0.4 is 4.74 Å². The quantitative estimate of drug-likeness (QED) is 0.684. The molecule has 1 atom stereocenters. The van der Waals surface area contributed by atoms with Crippen LogP contribution in [0.1, 0.15) is 24.2 Å². The number of fused-ring (bicyclic) bond motifs is 1. The van der Waals surface area contributed by atoms with Crippen molar-refractivity contribution in [2.45, 2.75) is 19.4 Å². The Morgan fingerprint density at radius 1 is 1.50 bits per heavy atom. The highest BCUT2D eigenvalue weighted by Gasteiger charge is 2.17. The van der Waals surface area contributed by atoms with Crippen LogP contribution in [0.25, 0.3) is 0 Å². The maximum atomic E-state index is 9.41. The zero-order valence-electron chi connectivity index (χ0n) is 7.08. The SMILES string of the molecule is C[C@H](O)c1cccc2c1OCC2. The summed E-state index contributed by atoms with van der Waals surface area (Å²) in [6.45, 7) is 2.51. The average Bonchev–Trinajstić information content (AvgIpc) is 2.49. The van der Waals surface area contributed by atoms with E-state index in [2.05, 4.69) is 0 Å². The van der Waals surface area contributed by atoms with E-state index < -0.39 is 6.10 Å². The normalized spacial score (nSPS) is 16.8. The van der Waals surface area contributed by atoms with E-state index in [1.165, 1.54) is 5.56 Å². The molecule has 0 unspecified atom stereocenters. The number of rotatable bonds is 1. The molecule has 0 saturated heterocycles. The summed E-state index contributed by atoms with van der Waals surface area (Å²) in [5.74, 6) is 0.896. The van der Waals surface area contributed by atoms with Crippen molar-refractivity contribution >= 4 is 0 Å². The molecular formula is C10H12O2. The van der Waals surface area contributed by atoms with Gasteiger partial charge in [-0.3, -0.25) is 0 Å².